The van der Waals surface area contributed by atoms with E-state index in [-0.39, 0.29) is 17.0 Å². The maximum Gasteiger partial charge on any atom is 0.272 e. The fraction of sp³-hybridized carbons (Fsp3) is 0.474. The van der Waals surface area contributed by atoms with E-state index in [0.717, 1.165) is 29.9 Å². The van der Waals surface area contributed by atoms with E-state index in [0.29, 0.717) is 23.3 Å². The lowest BCUT2D eigenvalue weighted by molar-refractivity contribution is 0.460. The molecule has 0 saturated heterocycles. The van der Waals surface area contributed by atoms with Gasteiger partial charge < -0.3 is 0 Å². The van der Waals surface area contributed by atoms with Crippen LogP contribution in [0, 0.1) is 17.2 Å². The van der Waals surface area contributed by atoms with Gasteiger partial charge in [0.05, 0.1) is 11.4 Å². The van der Waals surface area contributed by atoms with Crippen LogP contribution in [-0.2, 0) is 6.54 Å². The second-order valence-electron chi connectivity index (χ2n) is 6.51. The number of pyridine rings is 1. The van der Waals surface area contributed by atoms with Crippen molar-refractivity contribution in [1.29, 1.82) is 5.26 Å². The van der Waals surface area contributed by atoms with Gasteiger partial charge in [0.1, 0.15) is 11.6 Å². The molecule has 0 spiro atoms. The molecule has 5 nitrogen and oxygen atoms in total. The summed E-state index contributed by atoms with van der Waals surface area (Å²) in [5.74, 6) is 1.62. The van der Waals surface area contributed by atoms with Gasteiger partial charge in [0.25, 0.3) is 5.56 Å². The molecule has 0 bridgehead atoms. The predicted molar refractivity (Wildman–Crippen MR) is 99.7 cm³/mol. The van der Waals surface area contributed by atoms with Gasteiger partial charge in [-0.1, -0.05) is 32.5 Å². The van der Waals surface area contributed by atoms with Crippen molar-refractivity contribution in [2.45, 2.75) is 51.2 Å². The molecule has 3 heterocycles. The molecule has 1 unspecified atom stereocenters. The average molecular weight is 354 g/mol. The highest BCUT2D eigenvalue weighted by molar-refractivity contribution is 7.99. The third-order valence-electron chi connectivity index (χ3n) is 4.70. The first kappa shape index (κ1) is 17.7. The summed E-state index contributed by atoms with van der Waals surface area (Å²) >= 11 is 1.59. The van der Waals surface area contributed by atoms with Crippen molar-refractivity contribution >= 4 is 11.8 Å². The summed E-state index contributed by atoms with van der Waals surface area (Å²) in [5.41, 5.74) is 2.11. The van der Waals surface area contributed by atoms with Gasteiger partial charge in [0.2, 0.25) is 0 Å². The molecule has 25 heavy (non-hydrogen) atoms. The molecular weight excluding hydrogens is 332 g/mol. The third kappa shape index (κ3) is 3.21. The van der Waals surface area contributed by atoms with Gasteiger partial charge in [0.15, 0.2) is 5.16 Å². The molecule has 2 aromatic rings. The van der Waals surface area contributed by atoms with Crippen LogP contribution in [0.1, 0.15) is 50.8 Å². The number of fused-ring (bicyclic) bond motifs is 1. The summed E-state index contributed by atoms with van der Waals surface area (Å²) in [4.78, 5) is 22.2. The van der Waals surface area contributed by atoms with Gasteiger partial charge in [-0.2, -0.15) is 5.26 Å². The van der Waals surface area contributed by atoms with Crippen molar-refractivity contribution in [2.24, 2.45) is 5.92 Å². The number of thioether (sulfide) groups is 1. The minimum atomic E-state index is -0.235. The van der Waals surface area contributed by atoms with Crippen molar-refractivity contribution in [1.82, 2.24) is 14.5 Å². The van der Waals surface area contributed by atoms with Crippen LogP contribution in [0.5, 0.6) is 0 Å². The van der Waals surface area contributed by atoms with Crippen molar-refractivity contribution in [3.8, 4) is 17.3 Å². The van der Waals surface area contributed by atoms with Gasteiger partial charge in [-0.05, 0) is 30.9 Å². The summed E-state index contributed by atoms with van der Waals surface area (Å²) in [6, 6.07) is 5.87. The van der Waals surface area contributed by atoms with Gasteiger partial charge in [0, 0.05) is 30.0 Å². The molecule has 2 aromatic heterocycles. The maximum absolute atomic E-state index is 12.9. The number of hydrogen-bond donors (Lipinski definition) is 0. The Bertz CT molecular complexity index is 880. The van der Waals surface area contributed by atoms with Crippen LogP contribution >= 0.6 is 11.8 Å². The fourth-order valence-electron chi connectivity index (χ4n) is 3.30. The molecule has 1 atom stereocenters. The molecule has 3 rings (SSSR count). The monoisotopic (exact) mass is 354 g/mol. The molecule has 0 aromatic carbocycles. The predicted octanol–water partition coefficient (Wildman–Crippen LogP) is 3.82. The molecule has 6 heteroatoms. The molecule has 0 fully saturated rings. The number of nitriles is 1. The first-order chi connectivity index (χ1) is 12.1. The Morgan fingerprint density at radius 3 is 2.88 bits per heavy atom. The molecule has 0 radical (unpaired) electrons. The number of hydrogen-bond acceptors (Lipinski definition) is 5. The van der Waals surface area contributed by atoms with Gasteiger partial charge in [-0.3, -0.25) is 14.3 Å². The standard InChI is InChI=1S/C19H22N4OS/c1-4-13(5-2)16-14(7-6-8-21-16)17-15(9-20)18(24)23-10-12(3)11-25-19(23)22-17/h6-8,12-13H,4-5,10-11H2,1-3H3. The maximum atomic E-state index is 12.9. The molecular formula is C19H22N4OS. The number of aromatic nitrogens is 3. The SMILES string of the molecule is CCC(CC)c1ncccc1-c1nc2n(c(=O)c1C#N)CC(C)CS2. The van der Waals surface area contributed by atoms with Crippen LogP contribution in [0.25, 0.3) is 11.3 Å². The Morgan fingerprint density at radius 2 is 2.20 bits per heavy atom. The Hall–Kier alpha value is -2.13. The normalized spacial score (nSPS) is 16.5. The summed E-state index contributed by atoms with van der Waals surface area (Å²) in [6.07, 6.45) is 3.68. The quantitative estimate of drug-likeness (QED) is 0.781. The Labute approximate surface area is 152 Å². The molecule has 0 saturated carbocycles. The zero-order valence-corrected chi connectivity index (χ0v) is 15.6. The zero-order chi connectivity index (χ0) is 18.0. The first-order valence-corrected chi connectivity index (χ1v) is 9.72. The lowest BCUT2D eigenvalue weighted by Gasteiger charge is -2.23. The van der Waals surface area contributed by atoms with Crippen molar-refractivity contribution in [3.05, 3.63) is 39.9 Å². The van der Waals surface area contributed by atoms with Crippen LogP contribution in [0.2, 0.25) is 0 Å². The van der Waals surface area contributed by atoms with Crippen LogP contribution in [0.4, 0.5) is 0 Å². The lowest BCUT2D eigenvalue weighted by atomic mass is 9.92. The fourth-order valence-corrected chi connectivity index (χ4v) is 4.31. The van der Waals surface area contributed by atoms with Crippen molar-refractivity contribution < 1.29 is 0 Å². The second kappa shape index (κ2) is 7.40. The Morgan fingerprint density at radius 1 is 1.44 bits per heavy atom. The summed E-state index contributed by atoms with van der Waals surface area (Å²) < 4.78 is 1.65. The Balaban J connectivity index is 2.25. The van der Waals surface area contributed by atoms with Crippen LogP contribution in [-0.4, -0.2) is 20.3 Å². The highest BCUT2D eigenvalue weighted by Crippen LogP contribution is 2.33. The van der Waals surface area contributed by atoms with E-state index in [1.807, 2.05) is 12.1 Å². The van der Waals surface area contributed by atoms with E-state index in [2.05, 4.69) is 31.8 Å². The number of rotatable bonds is 4. The lowest BCUT2D eigenvalue weighted by Crippen LogP contribution is -2.32. The molecule has 1 aliphatic heterocycles. The van der Waals surface area contributed by atoms with E-state index in [9.17, 15) is 10.1 Å². The highest BCUT2D eigenvalue weighted by Gasteiger charge is 2.25. The van der Waals surface area contributed by atoms with Gasteiger partial charge >= 0.3 is 0 Å². The minimum absolute atomic E-state index is 0.124. The Kier molecular flexibility index (Phi) is 5.24. The van der Waals surface area contributed by atoms with Crippen LogP contribution < -0.4 is 5.56 Å². The summed E-state index contributed by atoms with van der Waals surface area (Å²) in [6.45, 7) is 6.98. The molecule has 0 N–H and O–H groups in total. The van der Waals surface area contributed by atoms with Crippen LogP contribution in [0.15, 0.2) is 28.3 Å². The van der Waals surface area contributed by atoms with E-state index < -0.39 is 0 Å². The largest absolute Gasteiger partial charge is 0.286 e. The van der Waals surface area contributed by atoms with E-state index in [1.54, 1.807) is 22.5 Å². The van der Waals surface area contributed by atoms with Crippen LogP contribution in [0.3, 0.4) is 0 Å². The average Bonchev–Trinajstić information content (AvgIpc) is 2.63. The van der Waals surface area contributed by atoms with E-state index in [4.69, 9.17) is 4.98 Å². The highest BCUT2D eigenvalue weighted by atomic mass is 32.2. The summed E-state index contributed by atoms with van der Waals surface area (Å²) in [5, 5.41) is 10.3. The van der Waals surface area contributed by atoms with Crippen molar-refractivity contribution in [2.75, 3.05) is 5.75 Å². The van der Waals surface area contributed by atoms with Gasteiger partial charge in [-0.25, -0.2) is 4.98 Å². The van der Waals surface area contributed by atoms with Gasteiger partial charge in [-0.15, -0.1) is 0 Å². The topological polar surface area (TPSA) is 71.6 Å². The molecule has 0 aliphatic carbocycles. The third-order valence-corrected chi connectivity index (χ3v) is 6.01. The van der Waals surface area contributed by atoms with E-state index in [1.165, 1.54) is 0 Å². The smallest absolute Gasteiger partial charge is 0.272 e. The summed E-state index contributed by atoms with van der Waals surface area (Å²) in [7, 11) is 0. The zero-order valence-electron chi connectivity index (χ0n) is 14.8. The second-order valence-corrected chi connectivity index (χ2v) is 7.50. The van der Waals surface area contributed by atoms with Crippen molar-refractivity contribution in [3.63, 3.8) is 0 Å². The first-order valence-electron chi connectivity index (χ1n) is 8.73. The number of nitrogens with zero attached hydrogens (tertiary/aromatic N) is 4. The molecule has 130 valence electrons. The van der Waals surface area contributed by atoms with E-state index >= 15 is 0 Å². The molecule has 0 amide bonds. The molecule has 1 aliphatic rings. The minimum Gasteiger partial charge on any atom is -0.286 e.